The van der Waals surface area contributed by atoms with Crippen molar-refractivity contribution in [2.45, 2.75) is 19.9 Å². The molecule has 0 aromatic heterocycles. The van der Waals surface area contributed by atoms with Crippen LogP contribution in [0.3, 0.4) is 0 Å². The fraction of sp³-hybridized carbons (Fsp3) is 0.533. The van der Waals surface area contributed by atoms with E-state index in [1.165, 1.54) is 0 Å². The van der Waals surface area contributed by atoms with Crippen molar-refractivity contribution in [3.8, 4) is 5.75 Å². The lowest BCUT2D eigenvalue weighted by Crippen LogP contribution is -2.37. The Labute approximate surface area is 121 Å². The highest BCUT2D eigenvalue weighted by Crippen LogP contribution is 2.16. The van der Waals surface area contributed by atoms with E-state index in [0.29, 0.717) is 26.2 Å². The summed E-state index contributed by atoms with van der Waals surface area (Å²) in [5.74, 6) is 0.871. The van der Waals surface area contributed by atoms with Gasteiger partial charge in [-0.15, -0.1) is 0 Å². The van der Waals surface area contributed by atoms with Crippen LogP contribution in [0.25, 0.3) is 0 Å². The molecule has 0 fully saturated rings. The minimum absolute atomic E-state index is 0.0525. The predicted octanol–water partition coefficient (Wildman–Crippen LogP) is 0.982. The zero-order chi connectivity index (χ0) is 14.8. The summed E-state index contributed by atoms with van der Waals surface area (Å²) in [7, 11) is 1.91. The minimum atomic E-state index is 0.0525. The number of nitrogens with zero attached hydrogens (tertiary/aromatic N) is 1. The van der Waals surface area contributed by atoms with Gasteiger partial charge in [0.25, 0.3) is 0 Å². The number of nitrogens with one attached hydrogen (secondary N) is 1. The molecule has 5 heteroatoms. The number of carbonyl (C=O) groups excluding carboxylic acids is 1. The summed E-state index contributed by atoms with van der Waals surface area (Å²) in [6, 6.07) is 7.74. The summed E-state index contributed by atoms with van der Waals surface area (Å²) in [4.78, 5) is 13.5. The van der Waals surface area contributed by atoms with Crippen LogP contribution in [0.1, 0.15) is 18.9 Å². The van der Waals surface area contributed by atoms with Gasteiger partial charge in [0.2, 0.25) is 5.91 Å². The minimum Gasteiger partial charge on any atom is -0.492 e. The molecule has 0 saturated carbocycles. The lowest BCUT2D eigenvalue weighted by molar-refractivity contribution is -0.122. The van der Waals surface area contributed by atoms with Crippen molar-refractivity contribution in [2.75, 3.05) is 33.3 Å². The number of nitrogens with two attached hydrogens (primary N) is 1. The first-order chi connectivity index (χ1) is 9.67. The first-order valence-electron chi connectivity index (χ1n) is 7.03. The molecule has 0 aliphatic carbocycles. The second kappa shape index (κ2) is 9.34. The summed E-state index contributed by atoms with van der Waals surface area (Å²) in [6.45, 7) is 4.85. The lowest BCUT2D eigenvalue weighted by atomic mass is 10.2. The Kier molecular flexibility index (Phi) is 7.69. The van der Waals surface area contributed by atoms with Gasteiger partial charge in [-0.1, -0.05) is 25.1 Å². The van der Waals surface area contributed by atoms with E-state index < -0.39 is 0 Å². The first-order valence-corrected chi connectivity index (χ1v) is 7.03. The van der Waals surface area contributed by atoms with Crippen molar-refractivity contribution in [1.82, 2.24) is 10.2 Å². The predicted molar refractivity (Wildman–Crippen MR) is 80.6 cm³/mol. The van der Waals surface area contributed by atoms with Gasteiger partial charge in [-0.2, -0.15) is 0 Å². The second-order valence-corrected chi connectivity index (χ2v) is 4.75. The highest BCUT2D eigenvalue weighted by molar-refractivity contribution is 5.77. The number of para-hydroxylation sites is 1. The van der Waals surface area contributed by atoms with Crippen molar-refractivity contribution in [2.24, 2.45) is 5.73 Å². The van der Waals surface area contributed by atoms with Gasteiger partial charge in [0.15, 0.2) is 0 Å². The highest BCUT2D eigenvalue weighted by Gasteiger charge is 2.06. The molecule has 3 N–H and O–H groups in total. The number of likely N-dealkylation sites (N-methyl/N-ethyl adjacent to an activating group) is 1. The zero-order valence-corrected chi connectivity index (χ0v) is 12.4. The normalized spacial score (nSPS) is 10.6. The molecule has 0 radical (unpaired) electrons. The summed E-state index contributed by atoms with van der Waals surface area (Å²) in [5, 5.41) is 2.85. The van der Waals surface area contributed by atoms with Crippen LogP contribution >= 0.6 is 0 Å². The maximum atomic E-state index is 11.5. The van der Waals surface area contributed by atoms with Crippen LogP contribution in [-0.2, 0) is 11.3 Å². The second-order valence-electron chi connectivity index (χ2n) is 4.75. The zero-order valence-electron chi connectivity index (χ0n) is 12.4. The number of amides is 1. The number of benzene rings is 1. The molecule has 1 aromatic rings. The quantitative estimate of drug-likeness (QED) is 0.707. The molecule has 0 unspecified atom stereocenters. The maximum Gasteiger partial charge on any atom is 0.234 e. The standard InChI is InChI=1S/C15H25N3O2/c1-3-8-17-15(19)12-18(2)9-10-20-14-7-5-4-6-13(14)11-16/h4-7H,3,8-12,16H2,1-2H3,(H,17,19). The van der Waals surface area contributed by atoms with Gasteiger partial charge < -0.3 is 15.8 Å². The van der Waals surface area contributed by atoms with E-state index >= 15 is 0 Å². The van der Waals surface area contributed by atoms with Crippen LogP contribution in [-0.4, -0.2) is 44.1 Å². The van der Waals surface area contributed by atoms with Gasteiger partial charge in [-0.3, -0.25) is 9.69 Å². The van der Waals surface area contributed by atoms with Gasteiger partial charge in [0, 0.05) is 25.2 Å². The average Bonchev–Trinajstić information content (AvgIpc) is 2.45. The topological polar surface area (TPSA) is 67.6 Å². The van der Waals surface area contributed by atoms with Crippen LogP contribution in [0, 0.1) is 0 Å². The summed E-state index contributed by atoms with van der Waals surface area (Å²) >= 11 is 0. The number of hydrogen-bond acceptors (Lipinski definition) is 4. The molecule has 0 bridgehead atoms. The van der Waals surface area contributed by atoms with Crippen molar-refractivity contribution in [3.05, 3.63) is 29.8 Å². The molecule has 20 heavy (non-hydrogen) atoms. The molecule has 0 atom stereocenters. The Morgan fingerprint density at radius 2 is 2.15 bits per heavy atom. The van der Waals surface area contributed by atoms with E-state index in [9.17, 15) is 4.79 Å². The van der Waals surface area contributed by atoms with Crippen molar-refractivity contribution in [1.29, 1.82) is 0 Å². The summed E-state index contributed by atoms with van der Waals surface area (Å²) in [6.07, 6.45) is 0.953. The molecule has 1 rings (SSSR count). The van der Waals surface area contributed by atoms with Gasteiger partial charge in [0.05, 0.1) is 6.54 Å². The number of rotatable bonds is 9. The molecule has 1 amide bonds. The monoisotopic (exact) mass is 279 g/mol. The molecule has 0 spiro atoms. The fourth-order valence-electron chi connectivity index (χ4n) is 1.77. The largest absolute Gasteiger partial charge is 0.492 e. The first kappa shape index (κ1) is 16.5. The summed E-state index contributed by atoms with van der Waals surface area (Å²) < 4.78 is 5.71. The fourth-order valence-corrected chi connectivity index (χ4v) is 1.77. The van der Waals surface area contributed by atoms with E-state index in [-0.39, 0.29) is 5.91 Å². The van der Waals surface area contributed by atoms with Crippen molar-refractivity contribution >= 4 is 5.91 Å². The molecule has 1 aromatic carbocycles. The van der Waals surface area contributed by atoms with Crippen molar-refractivity contribution in [3.63, 3.8) is 0 Å². The Morgan fingerprint density at radius 3 is 2.85 bits per heavy atom. The van der Waals surface area contributed by atoms with Crippen LogP contribution in [0.15, 0.2) is 24.3 Å². The third-order valence-corrected chi connectivity index (χ3v) is 2.91. The smallest absolute Gasteiger partial charge is 0.234 e. The molecule has 5 nitrogen and oxygen atoms in total. The third-order valence-electron chi connectivity index (χ3n) is 2.91. The van der Waals surface area contributed by atoms with Crippen LogP contribution in [0.5, 0.6) is 5.75 Å². The van der Waals surface area contributed by atoms with Gasteiger partial charge in [-0.25, -0.2) is 0 Å². The number of hydrogen-bond donors (Lipinski definition) is 2. The van der Waals surface area contributed by atoms with Gasteiger partial charge in [0.1, 0.15) is 12.4 Å². The van der Waals surface area contributed by atoms with Crippen molar-refractivity contribution < 1.29 is 9.53 Å². The maximum absolute atomic E-state index is 11.5. The average molecular weight is 279 g/mol. The Balaban J connectivity index is 2.27. The van der Waals surface area contributed by atoms with E-state index in [4.69, 9.17) is 10.5 Å². The summed E-state index contributed by atoms with van der Waals surface area (Å²) in [5.41, 5.74) is 6.65. The van der Waals surface area contributed by atoms with Crippen LogP contribution < -0.4 is 15.8 Å². The molecule has 0 heterocycles. The van der Waals surface area contributed by atoms with E-state index in [0.717, 1.165) is 24.3 Å². The number of carbonyl (C=O) groups is 1. The SMILES string of the molecule is CCCNC(=O)CN(C)CCOc1ccccc1CN. The molecular formula is C15H25N3O2. The highest BCUT2D eigenvalue weighted by atomic mass is 16.5. The van der Waals surface area contributed by atoms with Crippen LogP contribution in [0.2, 0.25) is 0 Å². The Morgan fingerprint density at radius 1 is 1.40 bits per heavy atom. The lowest BCUT2D eigenvalue weighted by Gasteiger charge is -2.17. The van der Waals surface area contributed by atoms with Gasteiger partial charge >= 0.3 is 0 Å². The van der Waals surface area contributed by atoms with E-state index in [2.05, 4.69) is 5.32 Å². The molecule has 112 valence electrons. The number of ether oxygens (including phenoxy) is 1. The van der Waals surface area contributed by atoms with E-state index in [1.807, 2.05) is 43.1 Å². The molecule has 0 saturated heterocycles. The molecule has 0 aliphatic rings. The Hall–Kier alpha value is -1.59. The third kappa shape index (κ3) is 6.04. The van der Waals surface area contributed by atoms with Crippen LogP contribution in [0.4, 0.5) is 0 Å². The van der Waals surface area contributed by atoms with Gasteiger partial charge in [-0.05, 0) is 19.5 Å². The molecular weight excluding hydrogens is 254 g/mol. The Bertz CT molecular complexity index is 410. The van der Waals surface area contributed by atoms with E-state index in [1.54, 1.807) is 0 Å². The molecule has 0 aliphatic heterocycles.